The fraction of sp³-hybridized carbons (Fsp3) is 0.583. The average Bonchev–Trinajstić information content (AvgIpc) is 2.81. The zero-order valence-corrected chi connectivity index (χ0v) is 9.59. The summed E-state index contributed by atoms with van der Waals surface area (Å²) in [6.45, 7) is 0. The number of hydrogen-bond acceptors (Lipinski definition) is 3. The maximum Gasteiger partial charge on any atom is 0.122 e. The highest BCUT2D eigenvalue weighted by atomic mass is 32.1. The Morgan fingerprint density at radius 2 is 2.20 bits per heavy atom. The summed E-state index contributed by atoms with van der Waals surface area (Å²) in [5, 5.41) is 16.7. The standard InChI is InChI=1S/C12H16N2S/c13-8-12(10-6-7-15-9-10)14-11-4-2-1-3-5-11/h6-7,9,11-12,14H,1-5H2. The van der Waals surface area contributed by atoms with Crippen LogP contribution in [0.1, 0.15) is 43.7 Å². The zero-order valence-electron chi connectivity index (χ0n) is 8.78. The Bertz CT molecular complexity index is 320. The van der Waals surface area contributed by atoms with E-state index in [2.05, 4.69) is 16.8 Å². The average molecular weight is 220 g/mol. The molecule has 15 heavy (non-hydrogen) atoms. The number of hydrogen-bond donors (Lipinski definition) is 1. The molecule has 1 aromatic rings. The normalized spacial score (nSPS) is 19.7. The van der Waals surface area contributed by atoms with Gasteiger partial charge in [-0.05, 0) is 35.2 Å². The molecule has 2 nitrogen and oxygen atoms in total. The van der Waals surface area contributed by atoms with E-state index in [1.54, 1.807) is 11.3 Å². The molecule has 0 saturated heterocycles. The van der Waals surface area contributed by atoms with Gasteiger partial charge >= 0.3 is 0 Å². The lowest BCUT2D eigenvalue weighted by Gasteiger charge is -2.25. The van der Waals surface area contributed by atoms with Gasteiger partial charge in [0.25, 0.3) is 0 Å². The van der Waals surface area contributed by atoms with E-state index in [1.807, 2.05) is 11.4 Å². The molecule has 0 bridgehead atoms. The molecule has 2 rings (SSSR count). The van der Waals surface area contributed by atoms with Crippen LogP contribution in [-0.2, 0) is 0 Å². The first-order valence-electron chi connectivity index (χ1n) is 5.58. The van der Waals surface area contributed by atoms with Crippen LogP contribution in [0, 0.1) is 11.3 Å². The predicted octanol–water partition coefficient (Wildman–Crippen LogP) is 3.24. The third kappa shape index (κ3) is 2.80. The third-order valence-corrected chi connectivity index (χ3v) is 3.71. The van der Waals surface area contributed by atoms with Crippen molar-refractivity contribution in [1.82, 2.24) is 5.32 Å². The molecule has 1 aliphatic carbocycles. The molecular weight excluding hydrogens is 204 g/mol. The molecule has 0 radical (unpaired) electrons. The highest BCUT2D eigenvalue weighted by molar-refractivity contribution is 7.08. The number of nitrogens with zero attached hydrogens (tertiary/aromatic N) is 1. The fourth-order valence-corrected chi connectivity index (χ4v) is 2.84. The minimum atomic E-state index is -0.112. The molecule has 80 valence electrons. The monoisotopic (exact) mass is 220 g/mol. The molecule has 1 aliphatic rings. The lowest BCUT2D eigenvalue weighted by atomic mass is 9.94. The second-order valence-electron chi connectivity index (χ2n) is 4.12. The minimum Gasteiger partial charge on any atom is -0.295 e. The Kier molecular flexibility index (Phi) is 3.76. The van der Waals surface area contributed by atoms with Crippen molar-refractivity contribution in [1.29, 1.82) is 5.26 Å². The zero-order chi connectivity index (χ0) is 10.5. The first kappa shape index (κ1) is 10.7. The molecule has 1 N–H and O–H groups in total. The Hall–Kier alpha value is -0.850. The van der Waals surface area contributed by atoms with Gasteiger partial charge in [0.1, 0.15) is 6.04 Å². The summed E-state index contributed by atoms with van der Waals surface area (Å²) in [4.78, 5) is 0. The molecule has 0 aromatic carbocycles. The van der Waals surface area contributed by atoms with Gasteiger partial charge in [0, 0.05) is 6.04 Å². The van der Waals surface area contributed by atoms with E-state index < -0.39 is 0 Å². The fourth-order valence-electron chi connectivity index (χ4n) is 2.15. The highest BCUT2D eigenvalue weighted by Gasteiger charge is 2.18. The van der Waals surface area contributed by atoms with Crippen LogP contribution >= 0.6 is 11.3 Å². The molecule has 0 spiro atoms. The van der Waals surface area contributed by atoms with Crippen LogP contribution in [0.4, 0.5) is 0 Å². The molecule has 1 saturated carbocycles. The minimum absolute atomic E-state index is 0.112. The number of nitrogens with one attached hydrogen (secondary N) is 1. The lowest BCUT2D eigenvalue weighted by molar-refractivity contribution is 0.360. The van der Waals surface area contributed by atoms with E-state index in [4.69, 9.17) is 5.26 Å². The SMILES string of the molecule is N#CC(NC1CCCCC1)c1ccsc1. The van der Waals surface area contributed by atoms with Gasteiger partial charge in [-0.15, -0.1) is 0 Å². The van der Waals surface area contributed by atoms with E-state index in [1.165, 1.54) is 32.1 Å². The van der Waals surface area contributed by atoms with Crippen LogP contribution in [0.5, 0.6) is 0 Å². The Morgan fingerprint density at radius 1 is 1.40 bits per heavy atom. The number of nitriles is 1. The van der Waals surface area contributed by atoms with Crippen LogP contribution in [-0.4, -0.2) is 6.04 Å². The maximum atomic E-state index is 9.12. The van der Waals surface area contributed by atoms with Crippen molar-refractivity contribution in [3.8, 4) is 6.07 Å². The highest BCUT2D eigenvalue weighted by Crippen LogP contribution is 2.22. The van der Waals surface area contributed by atoms with Crippen LogP contribution < -0.4 is 5.32 Å². The Labute approximate surface area is 94.9 Å². The van der Waals surface area contributed by atoms with Crippen molar-refractivity contribution in [2.45, 2.75) is 44.2 Å². The van der Waals surface area contributed by atoms with Crippen molar-refractivity contribution < 1.29 is 0 Å². The summed E-state index contributed by atoms with van der Waals surface area (Å²) in [6, 6.07) is 4.82. The molecule has 1 heterocycles. The lowest BCUT2D eigenvalue weighted by Crippen LogP contribution is -2.33. The quantitative estimate of drug-likeness (QED) is 0.849. The van der Waals surface area contributed by atoms with Crippen LogP contribution in [0.2, 0.25) is 0 Å². The van der Waals surface area contributed by atoms with Crippen molar-refractivity contribution >= 4 is 11.3 Å². The van der Waals surface area contributed by atoms with Gasteiger partial charge in [-0.2, -0.15) is 16.6 Å². The van der Waals surface area contributed by atoms with Gasteiger partial charge in [-0.3, -0.25) is 5.32 Å². The van der Waals surface area contributed by atoms with Crippen LogP contribution in [0.25, 0.3) is 0 Å². The number of rotatable bonds is 3. The Balaban J connectivity index is 1.94. The van der Waals surface area contributed by atoms with Gasteiger partial charge < -0.3 is 0 Å². The number of thiophene rings is 1. The topological polar surface area (TPSA) is 35.8 Å². The van der Waals surface area contributed by atoms with Crippen molar-refractivity contribution in [2.24, 2.45) is 0 Å². The van der Waals surface area contributed by atoms with E-state index in [9.17, 15) is 0 Å². The first-order valence-corrected chi connectivity index (χ1v) is 6.52. The largest absolute Gasteiger partial charge is 0.295 e. The predicted molar refractivity (Wildman–Crippen MR) is 62.7 cm³/mol. The molecule has 1 fully saturated rings. The summed E-state index contributed by atoms with van der Waals surface area (Å²) >= 11 is 1.65. The van der Waals surface area contributed by atoms with Gasteiger partial charge in [0.05, 0.1) is 6.07 Å². The van der Waals surface area contributed by atoms with Crippen LogP contribution in [0.3, 0.4) is 0 Å². The molecule has 1 unspecified atom stereocenters. The van der Waals surface area contributed by atoms with E-state index in [0.29, 0.717) is 6.04 Å². The molecule has 3 heteroatoms. The smallest absolute Gasteiger partial charge is 0.122 e. The molecule has 0 amide bonds. The summed E-state index contributed by atoms with van der Waals surface area (Å²) in [5.74, 6) is 0. The van der Waals surface area contributed by atoms with Crippen molar-refractivity contribution in [3.05, 3.63) is 22.4 Å². The third-order valence-electron chi connectivity index (χ3n) is 3.01. The van der Waals surface area contributed by atoms with Crippen molar-refractivity contribution in [2.75, 3.05) is 0 Å². The van der Waals surface area contributed by atoms with Crippen molar-refractivity contribution in [3.63, 3.8) is 0 Å². The Morgan fingerprint density at radius 3 is 2.80 bits per heavy atom. The summed E-state index contributed by atoms with van der Waals surface area (Å²) in [7, 11) is 0. The second-order valence-corrected chi connectivity index (χ2v) is 4.90. The van der Waals surface area contributed by atoms with E-state index in [-0.39, 0.29) is 6.04 Å². The maximum absolute atomic E-state index is 9.12. The summed E-state index contributed by atoms with van der Waals surface area (Å²) in [6.07, 6.45) is 6.41. The van der Waals surface area contributed by atoms with Gasteiger partial charge in [-0.1, -0.05) is 19.3 Å². The van der Waals surface area contributed by atoms with Crippen LogP contribution in [0.15, 0.2) is 16.8 Å². The molecular formula is C12H16N2S. The molecule has 1 atom stereocenters. The van der Waals surface area contributed by atoms with Gasteiger partial charge in [-0.25, -0.2) is 0 Å². The van der Waals surface area contributed by atoms with E-state index in [0.717, 1.165) is 5.56 Å². The van der Waals surface area contributed by atoms with Gasteiger partial charge in [0.2, 0.25) is 0 Å². The molecule has 0 aliphatic heterocycles. The van der Waals surface area contributed by atoms with E-state index >= 15 is 0 Å². The summed E-state index contributed by atoms with van der Waals surface area (Å²) < 4.78 is 0. The summed E-state index contributed by atoms with van der Waals surface area (Å²) in [5.41, 5.74) is 1.12. The second kappa shape index (κ2) is 5.29. The first-order chi connectivity index (χ1) is 7.40. The van der Waals surface area contributed by atoms with Gasteiger partial charge in [0.15, 0.2) is 0 Å². The molecule has 1 aromatic heterocycles.